The Morgan fingerprint density at radius 3 is 2.90 bits per heavy atom. The number of thioether (sulfide) groups is 1. The molecule has 0 unspecified atom stereocenters. The lowest BCUT2D eigenvalue weighted by Gasteiger charge is -2.46. The Bertz CT molecular complexity index is 978. The van der Waals surface area contributed by atoms with Gasteiger partial charge in [0.1, 0.15) is 11.4 Å². The van der Waals surface area contributed by atoms with E-state index >= 15 is 0 Å². The quantitative estimate of drug-likeness (QED) is 0.402. The van der Waals surface area contributed by atoms with Crippen LogP contribution in [0.3, 0.4) is 0 Å². The number of amides is 2. The Labute approximate surface area is 181 Å². The molecule has 0 aromatic carbocycles. The van der Waals surface area contributed by atoms with Gasteiger partial charge in [-0.1, -0.05) is 18.7 Å². The molecule has 2 aliphatic rings. The Morgan fingerprint density at radius 1 is 1.53 bits per heavy atom. The van der Waals surface area contributed by atoms with Crippen molar-refractivity contribution >= 4 is 47.0 Å². The van der Waals surface area contributed by atoms with Crippen LogP contribution in [-0.2, 0) is 9.59 Å². The number of aliphatic carboxylic acids is 1. The second kappa shape index (κ2) is 8.99. The third-order valence-corrected chi connectivity index (χ3v) is 6.94. The number of hydrogen-bond acceptors (Lipinski definition) is 8. The van der Waals surface area contributed by atoms with E-state index in [1.807, 2.05) is 13.0 Å². The van der Waals surface area contributed by atoms with E-state index in [0.29, 0.717) is 9.78 Å². The number of fused-ring (bicyclic) bond motifs is 1. The summed E-state index contributed by atoms with van der Waals surface area (Å²) in [6.45, 7) is 3.60. The van der Waals surface area contributed by atoms with Crippen LogP contribution in [0.25, 0.3) is 6.08 Å². The predicted octanol–water partition coefficient (Wildman–Crippen LogP) is 1.64. The van der Waals surface area contributed by atoms with Crippen LogP contribution in [0.2, 0.25) is 0 Å². The molecule has 3 rings (SSSR count). The van der Waals surface area contributed by atoms with Gasteiger partial charge in [0, 0.05) is 17.4 Å². The van der Waals surface area contributed by atoms with Gasteiger partial charge in [0.2, 0.25) is 5.91 Å². The average Bonchev–Trinajstić information content (AvgIpc) is 3.23. The minimum absolute atomic E-state index is 0.0529. The number of aliphatic hydroxyl groups is 1. The predicted molar refractivity (Wildman–Crippen MR) is 111 cm³/mol. The van der Waals surface area contributed by atoms with Crippen molar-refractivity contribution < 1.29 is 24.6 Å². The molecule has 1 aromatic heterocycles. The maximum atomic E-state index is 12.3. The minimum atomic E-state index is -1.19. The first kappa shape index (κ1) is 22.0. The Balaban J connectivity index is 1.76. The second-order valence-corrected chi connectivity index (χ2v) is 8.76. The Morgan fingerprint density at radius 2 is 2.27 bits per heavy atom. The number of carbonyl (C=O) groups excluding carboxylic acids is 2. The van der Waals surface area contributed by atoms with Crippen molar-refractivity contribution in [2.75, 3.05) is 6.54 Å². The third kappa shape index (κ3) is 3.86. The number of carbonyl (C=O) groups is 3. The number of aromatic nitrogens is 1. The number of nitriles is 1. The van der Waals surface area contributed by atoms with Crippen molar-refractivity contribution in [3.8, 4) is 6.07 Å². The molecule has 0 aliphatic carbocycles. The molecule has 4 atom stereocenters. The lowest BCUT2D eigenvalue weighted by Crippen LogP contribution is -2.63. The molecule has 2 amide bonds. The van der Waals surface area contributed by atoms with Gasteiger partial charge in [0.15, 0.2) is 0 Å². The molecule has 158 valence electrons. The number of aliphatic hydroxyl groups excluding tert-OH is 1. The summed E-state index contributed by atoms with van der Waals surface area (Å²) in [5.74, 6) is -2.80. The molecule has 0 radical (unpaired) electrons. The fourth-order valence-corrected chi connectivity index (χ4v) is 5.47. The number of nitrogens with one attached hydrogen (secondary N) is 1. The fraction of sp³-hybridized carbons (Fsp3) is 0.421. The van der Waals surface area contributed by atoms with E-state index in [0.717, 1.165) is 0 Å². The molecular formula is C19H20N4O5S2. The lowest BCUT2D eigenvalue weighted by atomic mass is 9.79. The average molecular weight is 449 g/mol. The molecule has 1 fully saturated rings. The third-order valence-electron chi connectivity index (χ3n) is 5.06. The smallest absolute Gasteiger partial charge is 0.353 e. The van der Waals surface area contributed by atoms with Crippen molar-refractivity contribution in [3.63, 3.8) is 0 Å². The van der Waals surface area contributed by atoms with Gasteiger partial charge in [-0.3, -0.25) is 9.59 Å². The largest absolute Gasteiger partial charge is 0.477 e. The zero-order chi connectivity index (χ0) is 22.0. The zero-order valence-corrected chi connectivity index (χ0v) is 17.9. The molecule has 0 spiro atoms. The van der Waals surface area contributed by atoms with Gasteiger partial charge in [0.25, 0.3) is 5.91 Å². The van der Waals surface area contributed by atoms with Gasteiger partial charge in [0.05, 0.1) is 40.9 Å². The van der Waals surface area contributed by atoms with E-state index in [1.54, 1.807) is 11.5 Å². The van der Waals surface area contributed by atoms with Crippen LogP contribution in [0, 0.1) is 23.2 Å². The first-order chi connectivity index (χ1) is 14.3. The first-order valence-electron chi connectivity index (χ1n) is 9.20. The molecule has 30 heavy (non-hydrogen) atoms. The normalized spacial score (nSPS) is 23.9. The topological polar surface area (TPSA) is 144 Å². The zero-order valence-electron chi connectivity index (χ0n) is 16.2. The van der Waals surface area contributed by atoms with Crippen LogP contribution in [0.4, 0.5) is 0 Å². The van der Waals surface area contributed by atoms with Gasteiger partial charge >= 0.3 is 5.97 Å². The summed E-state index contributed by atoms with van der Waals surface area (Å²) in [6, 6.07) is 1.57. The van der Waals surface area contributed by atoms with Gasteiger partial charge < -0.3 is 20.4 Å². The standard InChI is InChI=1S/C19H20N4O5S2/c1-9-14-12(10(2)24)18(26)23(14)15(19(27)28)16(9)29-7-4-11-13(22-8-30-11)17(25)21-6-3-5-20/h4,7-10,12,14,24H,3,6H2,1-2H3,(H,21,25)(H,27,28)/b7-4-/t9-,10-,12-,14-/m1/s1. The monoisotopic (exact) mass is 448 g/mol. The first-order valence-corrected chi connectivity index (χ1v) is 11.0. The molecule has 2 aliphatic heterocycles. The van der Waals surface area contributed by atoms with Crippen molar-refractivity contribution in [1.82, 2.24) is 15.2 Å². The fourth-order valence-electron chi connectivity index (χ4n) is 3.71. The molecule has 11 heteroatoms. The number of carboxylic acid groups (broad SMARTS) is 1. The van der Waals surface area contributed by atoms with E-state index < -0.39 is 18.0 Å². The van der Waals surface area contributed by atoms with Gasteiger partial charge in [-0.25, -0.2) is 9.78 Å². The maximum absolute atomic E-state index is 12.3. The SMILES string of the molecule is C[C@@H](O)[C@H]1C(=O)N2C(C(=O)O)=C(S/C=C\c3scnc3C(=O)NCCC#N)[C@H](C)[C@H]12. The van der Waals surface area contributed by atoms with Gasteiger partial charge in [-0.2, -0.15) is 5.26 Å². The highest BCUT2D eigenvalue weighted by Crippen LogP contribution is 2.50. The molecule has 0 bridgehead atoms. The molecule has 1 aromatic rings. The summed E-state index contributed by atoms with van der Waals surface area (Å²) in [7, 11) is 0. The molecule has 1 saturated heterocycles. The van der Waals surface area contributed by atoms with Crippen LogP contribution in [0.5, 0.6) is 0 Å². The van der Waals surface area contributed by atoms with Crippen LogP contribution < -0.4 is 5.32 Å². The van der Waals surface area contributed by atoms with E-state index in [9.17, 15) is 24.6 Å². The van der Waals surface area contributed by atoms with Crippen LogP contribution in [-0.4, -0.2) is 56.6 Å². The van der Waals surface area contributed by atoms with Crippen molar-refractivity contribution in [2.24, 2.45) is 11.8 Å². The molecule has 9 nitrogen and oxygen atoms in total. The van der Waals surface area contributed by atoms with Crippen LogP contribution >= 0.6 is 23.1 Å². The molecule has 3 heterocycles. The summed E-state index contributed by atoms with van der Waals surface area (Å²) in [5.41, 5.74) is 1.71. The van der Waals surface area contributed by atoms with Crippen molar-refractivity contribution in [3.05, 3.63) is 32.1 Å². The highest BCUT2D eigenvalue weighted by Gasteiger charge is 2.59. The summed E-state index contributed by atoms with van der Waals surface area (Å²) in [4.78, 5) is 42.8. The van der Waals surface area contributed by atoms with Crippen LogP contribution in [0.15, 0.2) is 21.5 Å². The highest BCUT2D eigenvalue weighted by molar-refractivity contribution is 8.06. The van der Waals surface area contributed by atoms with Crippen molar-refractivity contribution in [1.29, 1.82) is 5.26 Å². The summed E-state index contributed by atoms with van der Waals surface area (Å²) in [6.07, 6.45) is 1.02. The van der Waals surface area contributed by atoms with E-state index in [2.05, 4.69) is 10.3 Å². The molecule has 0 saturated carbocycles. The van der Waals surface area contributed by atoms with E-state index in [1.165, 1.54) is 40.4 Å². The number of nitrogens with zero attached hydrogens (tertiary/aromatic N) is 3. The number of β-lactam (4-membered cyclic amide) rings is 1. The Kier molecular flexibility index (Phi) is 6.60. The number of hydrogen-bond donors (Lipinski definition) is 3. The highest BCUT2D eigenvalue weighted by atomic mass is 32.2. The number of rotatable bonds is 8. The molecular weight excluding hydrogens is 428 g/mol. The Hall–Kier alpha value is -2.68. The van der Waals surface area contributed by atoms with Crippen LogP contribution in [0.1, 0.15) is 35.6 Å². The summed E-state index contributed by atoms with van der Waals surface area (Å²) in [5, 5.41) is 32.4. The van der Waals surface area contributed by atoms with Gasteiger partial charge in [-0.05, 0) is 18.4 Å². The van der Waals surface area contributed by atoms with Gasteiger partial charge in [-0.15, -0.1) is 11.3 Å². The minimum Gasteiger partial charge on any atom is -0.477 e. The lowest BCUT2D eigenvalue weighted by molar-refractivity contribution is -0.163. The maximum Gasteiger partial charge on any atom is 0.353 e. The second-order valence-electron chi connectivity index (χ2n) is 6.92. The van der Waals surface area contributed by atoms with Crippen molar-refractivity contribution in [2.45, 2.75) is 32.4 Å². The molecule has 3 N–H and O–H groups in total. The summed E-state index contributed by atoms with van der Waals surface area (Å²) < 4.78 is 0. The number of carboxylic acids is 1. The number of thiazole rings is 1. The summed E-state index contributed by atoms with van der Waals surface area (Å²) >= 11 is 2.44. The van der Waals surface area contributed by atoms with E-state index in [4.69, 9.17) is 5.26 Å². The van der Waals surface area contributed by atoms with E-state index in [-0.39, 0.29) is 48.1 Å².